The van der Waals surface area contributed by atoms with Gasteiger partial charge in [0.2, 0.25) is 0 Å². The maximum Gasteiger partial charge on any atom is 0.392 e. The predicted molar refractivity (Wildman–Crippen MR) is 84.5 cm³/mol. The van der Waals surface area contributed by atoms with Crippen LogP contribution < -0.4 is 15.5 Å². The van der Waals surface area contributed by atoms with Crippen LogP contribution in [0.25, 0.3) is 11.2 Å². The fourth-order valence-electron chi connectivity index (χ4n) is 3.17. The average Bonchev–Trinajstić information content (AvgIpc) is 3.14. The number of hydrogen-bond acceptors (Lipinski definition) is 8. The van der Waals surface area contributed by atoms with Gasteiger partial charge < -0.3 is 29.4 Å². The molecule has 168 valence electrons. The summed E-state index contributed by atoms with van der Waals surface area (Å²) >= 11 is 0. The molecule has 0 saturated heterocycles. The van der Waals surface area contributed by atoms with Gasteiger partial charge in [-0.05, 0) is 20.4 Å². The normalized spacial score (nSPS) is 17.5. The lowest BCUT2D eigenvalue weighted by Crippen LogP contribution is -2.51. The number of imidazole rings is 1. The highest BCUT2D eigenvalue weighted by Crippen LogP contribution is 2.60. The first-order valence-electron chi connectivity index (χ1n) is 8.32. The van der Waals surface area contributed by atoms with Gasteiger partial charge in [0, 0.05) is 0 Å². The highest BCUT2D eigenvalue weighted by molar-refractivity contribution is 7.50. The number of nitrogens with zero attached hydrogens (tertiary/aromatic N) is 4. The zero-order valence-electron chi connectivity index (χ0n) is 14.9. The molecule has 16 heteroatoms. The summed E-state index contributed by atoms with van der Waals surface area (Å²) in [5.74, 6) is -0.0170. The first kappa shape index (κ1) is 22.7. The molecule has 2 heterocycles. The molecule has 0 atom stereocenters. The lowest BCUT2D eigenvalue weighted by Gasteiger charge is -2.51. The first-order chi connectivity index (χ1) is 13.6. The third kappa shape index (κ3) is 4.85. The highest BCUT2D eigenvalue weighted by Gasteiger charge is 2.58. The van der Waals surface area contributed by atoms with Crippen LogP contribution >= 0.6 is 7.60 Å². The second-order valence-electron chi connectivity index (χ2n) is 7.12. The SMILES string of the molecule is Nc1ncnc2c1ncn2CC1(OC(CC(F)(F)F)(CC(F)(F)F)P(=O)([O-])[O-])CC1. The van der Waals surface area contributed by atoms with Crippen molar-refractivity contribution in [2.24, 2.45) is 0 Å². The number of anilines is 1. The van der Waals surface area contributed by atoms with Crippen molar-refractivity contribution in [3.05, 3.63) is 12.7 Å². The zero-order valence-corrected chi connectivity index (χ0v) is 15.8. The summed E-state index contributed by atoms with van der Waals surface area (Å²) in [4.78, 5) is 34.8. The fraction of sp³-hybridized carbons (Fsp3) is 0.643. The molecule has 0 bridgehead atoms. The van der Waals surface area contributed by atoms with Gasteiger partial charge in [0.1, 0.15) is 17.2 Å². The Bertz CT molecular complexity index is 967. The second kappa shape index (κ2) is 7.04. The summed E-state index contributed by atoms with van der Waals surface area (Å²) in [6.07, 6.45) is -13.9. The van der Waals surface area contributed by atoms with Crippen molar-refractivity contribution in [1.29, 1.82) is 0 Å². The maximum absolute atomic E-state index is 13.0. The van der Waals surface area contributed by atoms with Crippen LogP contribution in [0.1, 0.15) is 25.7 Å². The third-order valence-electron chi connectivity index (χ3n) is 4.55. The molecular formula is C14H14F6N5O4P-2. The minimum absolute atomic E-state index is 0.0170. The number of hydrogen-bond donors (Lipinski definition) is 1. The summed E-state index contributed by atoms with van der Waals surface area (Å²) in [6, 6.07) is 0. The van der Waals surface area contributed by atoms with E-state index in [0.29, 0.717) is 0 Å². The van der Waals surface area contributed by atoms with Gasteiger partial charge in [0.05, 0.1) is 31.3 Å². The first-order valence-corrected chi connectivity index (χ1v) is 9.86. The number of ether oxygens (including phenoxy) is 1. The number of halogens is 6. The minimum atomic E-state index is -6.53. The molecule has 2 N–H and O–H groups in total. The molecule has 0 aliphatic heterocycles. The van der Waals surface area contributed by atoms with Crippen LogP contribution in [-0.4, -0.2) is 42.8 Å². The van der Waals surface area contributed by atoms with Gasteiger partial charge in [-0.2, -0.15) is 26.3 Å². The Morgan fingerprint density at radius 1 is 1.10 bits per heavy atom. The van der Waals surface area contributed by atoms with E-state index in [2.05, 4.69) is 15.0 Å². The third-order valence-corrected chi connectivity index (χ3v) is 5.96. The highest BCUT2D eigenvalue weighted by atomic mass is 31.2. The van der Waals surface area contributed by atoms with Crippen molar-refractivity contribution < 1.29 is 45.4 Å². The summed E-state index contributed by atoms with van der Waals surface area (Å²) < 4.78 is 95.8. The van der Waals surface area contributed by atoms with Gasteiger partial charge in [0.25, 0.3) is 0 Å². The molecule has 2 aromatic heterocycles. The lowest BCUT2D eigenvalue weighted by molar-refractivity contribution is -0.347. The van der Waals surface area contributed by atoms with Crippen LogP contribution in [0.2, 0.25) is 0 Å². The Morgan fingerprint density at radius 3 is 2.13 bits per heavy atom. The number of nitrogens with two attached hydrogens (primary N) is 1. The largest absolute Gasteiger partial charge is 0.809 e. The summed E-state index contributed by atoms with van der Waals surface area (Å²) in [5.41, 5.74) is 4.10. The van der Waals surface area contributed by atoms with E-state index in [1.807, 2.05) is 0 Å². The Labute approximate surface area is 164 Å². The van der Waals surface area contributed by atoms with Crippen LogP contribution in [0.4, 0.5) is 32.2 Å². The molecule has 3 rings (SSSR count). The summed E-state index contributed by atoms with van der Waals surface area (Å²) in [7, 11) is -6.53. The van der Waals surface area contributed by atoms with E-state index < -0.39 is 50.3 Å². The van der Waals surface area contributed by atoms with E-state index in [9.17, 15) is 40.7 Å². The smallest absolute Gasteiger partial charge is 0.392 e. The van der Waals surface area contributed by atoms with Crippen molar-refractivity contribution >= 4 is 24.6 Å². The molecule has 2 aromatic rings. The Kier molecular flexibility index (Phi) is 5.33. The van der Waals surface area contributed by atoms with E-state index in [0.717, 1.165) is 12.7 Å². The minimum Gasteiger partial charge on any atom is -0.809 e. The summed E-state index contributed by atoms with van der Waals surface area (Å²) in [6.45, 7) is -0.391. The Morgan fingerprint density at radius 2 is 1.67 bits per heavy atom. The number of rotatable bonds is 7. The van der Waals surface area contributed by atoms with Crippen molar-refractivity contribution in [3.8, 4) is 0 Å². The quantitative estimate of drug-likeness (QED) is 0.483. The molecule has 30 heavy (non-hydrogen) atoms. The molecule has 1 saturated carbocycles. The summed E-state index contributed by atoms with van der Waals surface area (Å²) in [5, 5.41) is -4.04. The van der Waals surface area contributed by atoms with Crippen LogP contribution in [0.3, 0.4) is 0 Å². The van der Waals surface area contributed by atoms with Crippen LogP contribution in [0, 0.1) is 0 Å². The number of aromatic nitrogens is 4. The molecule has 0 radical (unpaired) electrons. The molecule has 1 aliphatic carbocycles. The van der Waals surface area contributed by atoms with Crippen molar-refractivity contribution in [1.82, 2.24) is 19.5 Å². The molecule has 0 unspecified atom stereocenters. The van der Waals surface area contributed by atoms with Crippen molar-refractivity contribution in [3.63, 3.8) is 0 Å². The van der Waals surface area contributed by atoms with Gasteiger partial charge in [-0.1, -0.05) is 0 Å². The Balaban J connectivity index is 1.98. The van der Waals surface area contributed by atoms with Gasteiger partial charge in [-0.3, -0.25) is 0 Å². The molecule has 9 nitrogen and oxygen atoms in total. The molecule has 0 amide bonds. The van der Waals surface area contributed by atoms with Crippen LogP contribution in [-0.2, 0) is 15.8 Å². The van der Waals surface area contributed by atoms with Crippen molar-refractivity contribution in [2.45, 2.75) is 55.5 Å². The molecular weight excluding hydrogens is 447 g/mol. The van der Waals surface area contributed by atoms with Gasteiger partial charge in [0.15, 0.2) is 11.5 Å². The number of alkyl halides is 6. The predicted octanol–water partition coefficient (Wildman–Crippen LogP) is 1.47. The monoisotopic (exact) mass is 461 g/mol. The molecule has 1 fully saturated rings. The van der Waals surface area contributed by atoms with E-state index in [-0.39, 0.29) is 29.8 Å². The second-order valence-corrected chi connectivity index (χ2v) is 8.93. The molecule has 0 aromatic carbocycles. The number of nitrogen functional groups attached to an aromatic ring is 1. The van der Waals surface area contributed by atoms with E-state index in [1.54, 1.807) is 0 Å². The number of fused-ring (bicyclic) bond motifs is 1. The van der Waals surface area contributed by atoms with E-state index >= 15 is 0 Å². The topological polar surface area (TPSA) is 142 Å². The van der Waals surface area contributed by atoms with Crippen molar-refractivity contribution in [2.75, 3.05) is 5.73 Å². The average molecular weight is 461 g/mol. The standard InChI is InChI=1S/C14H16F6N5O4P/c15-13(16,17)3-12(30(26,27)28,4-14(18,19)20)29-11(1-2-11)5-25-7-24-8-9(21)22-6-23-10(8)25/h6-7H,1-5H2,(H2,21,22,23)(H2,26,27,28)/p-2. The lowest BCUT2D eigenvalue weighted by atomic mass is 10.1. The van der Waals surface area contributed by atoms with Gasteiger partial charge in [-0.15, -0.1) is 0 Å². The molecule has 1 aliphatic rings. The van der Waals surface area contributed by atoms with Crippen LogP contribution in [0.5, 0.6) is 0 Å². The Hall–Kier alpha value is -1.96. The van der Waals surface area contributed by atoms with E-state index in [4.69, 9.17) is 10.5 Å². The maximum atomic E-state index is 13.0. The van der Waals surface area contributed by atoms with E-state index in [1.165, 1.54) is 4.57 Å². The van der Waals surface area contributed by atoms with Gasteiger partial charge >= 0.3 is 12.4 Å². The fourth-order valence-corrected chi connectivity index (χ4v) is 4.22. The van der Waals surface area contributed by atoms with Gasteiger partial charge in [-0.25, -0.2) is 15.0 Å². The van der Waals surface area contributed by atoms with Crippen LogP contribution in [0.15, 0.2) is 12.7 Å². The zero-order chi connectivity index (χ0) is 22.6. The molecule has 0 spiro atoms.